The summed E-state index contributed by atoms with van der Waals surface area (Å²) in [5.74, 6) is 1.19. The number of phosphoric acid groups is 1. The number of ether oxygens (including phenoxy) is 4. The highest BCUT2D eigenvalue weighted by Gasteiger charge is 2.23. The van der Waals surface area contributed by atoms with Crippen LogP contribution in [0.1, 0.15) is 92.9 Å². The third-order valence-electron chi connectivity index (χ3n) is 6.00. The van der Waals surface area contributed by atoms with Crippen molar-refractivity contribution in [1.29, 1.82) is 0 Å². The van der Waals surface area contributed by atoms with Crippen molar-refractivity contribution in [1.82, 2.24) is 0 Å². The van der Waals surface area contributed by atoms with Gasteiger partial charge in [-0.3, -0.25) is 9.05 Å². The second kappa shape index (κ2) is 23.1. The van der Waals surface area contributed by atoms with Crippen molar-refractivity contribution in [3.8, 4) is 0 Å². The van der Waals surface area contributed by atoms with E-state index < -0.39 is 7.82 Å². The summed E-state index contributed by atoms with van der Waals surface area (Å²) >= 11 is 0. The fourth-order valence-corrected chi connectivity index (χ4v) is 4.32. The fraction of sp³-hybridized carbons (Fsp3) is 1.00. The molecule has 0 saturated carbocycles. The Morgan fingerprint density at radius 1 is 0.657 bits per heavy atom. The molecule has 0 radical (unpaired) electrons. The van der Waals surface area contributed by atoms with Crippen LogP contribution in [0.5, 0.6) is 0 Å². The van der Waals surface area contributed by atoms with Gasteiger partial charge in [0.2, 0.25) is 0 Å². The molecule has 8 nitrogen and oxygen atoms in total. The zero-order valence-electron chi connectivity index (χ0n) is 23.4. The largest absolute Gasteiger partial charge is 0.472 e. The second-order valence-electron chi connectivity index (χ2n) is 9.41. The minimum Gasteiger partial charge on any atom is -0.379 e. The van der Waals surface area contributed by atoms with Gasteiger partial charge in [-0.2, -0.15) is 0 Å². The molecular formula is C26H55O8P. The highest BCUT2D eigenvalue weighted by molar-refractivity contribution is 7.47. The Morgan fingerprint density at radius 3 is 1.40 bits per heavy atom. The first-order chi connectivity index (χ1) is 16.8. The van der Waals surface area contributed by atoms with Crippen LogP contribution in [-0.4, -0.2) is 70.0 Å². The molecule has 0 aliphatic heterocycles. The molecule has 4 atom stereocenters. The molecule has 0 aromatic carbocycles. The molecular weight excluding hydrogens is 471 g/mol. The molecule has 0 rings (SSSR count). The van der Waals surface area contributed by atoms with Crippen LogP contribution in [0, 0.1) is 11.8 Å². The third-order valence-corrected chi connectivity index (χ3v) is 6.95. The highest BCUT2D eigenvalue weighted by atomic mass is 31.2. The average molecular weight is 527 g/mol. The van der Waals surface area contributed by atoms with Crippen LogP contribution in [0.3, 0.4) is 0 Å². The Morgan fingerprint density at radius 2 is 1.06 bits per heavy atom. The van der Waals surface area contributed by atoms with E-state index in [9.17, 15) is 9.46 Å². The molecule has 0 aliphatic carbocycles. The average Bonchev–Trinajstić information content (AvgIpc) is 2.85. The molecule has 1 N–H and O–H groups in total. The fourth-order valence-electron chi connectivity index (χ4n) is 3.44. The van der Waals surface area contributed by atoms with E-state index in [2.05, 4.69) is 27.7 Å². The van der Waals surface area contributed by atoms with Crippen molar-refractivity contribution in [3.63, 3.8) is 0 Å². The van der Waals surface area contributed by atoms with Gasteiger partial charge >= 0.3 is 7.82 Å². The molecule has 0 amide bonds. The Bertz CT molecular complexity index is 468. The van der Waals surface area contributed by atoms with Gasteiger partial charge in [0.15, 0.2) is 0 Å². The third kappa shape index (κ3) is 21.7. The van der Waals surface area contributed by atoms with Crippen molar-refractivity contribution in [2.24, 2.45) is 11.8 Å². The first-order valence-electron chi connectivity index (χ1n) is 13.8. The molecule has 0 aliphatic rings. The lowest BCUT2D eigenvalue weighted by atomic mass is 10.0. The highest BCUT2D eigenvalue weighted by Crippen LogP contribution is 2.43. The standard InChI is InChI=1S/C26H55O8P/c1-7-11-13-25(9-3)21-29-15-17-31-23(5)19-33-35(27,28)34-20-24(6)32-18-16-30-22-26(10-4)14-12-8-2/h23-26H,7-22H2,1-6H3,(H,27,28). The number of rotatable bonds is 26. The summed E-state index contributed by atoms with van der Waals surface area (Å²) in [6, 6.07) is 0. The van der Waals surface area contributed by atoms with E-state index >= 15 is 0 Å². The SMILES string of the molecule is CCCCC(CC)COCCOC(C)COP(=O)(O)OCC(C)OCCOCC(CC)CCCC. The topological polar surface area (TPSA) is 92.7 Å². The molecule has 0 bridgehead atoms. The van der Waals surface area contributed by atoms with Gasteiger partial charge in [-0.15, -0.1) is 0 Å². The summed E-state index contributed by atoms with van der Waals surface area (Å²) in [5.41, 5.74) is 0. The van der Waals surface area contributed by atoms with Crippen molar-refractivity contribution in [2.45, 2.75) is 105 Å². The molecule has 0 spiro atoms. The van der Waals surface area contributed by atoms with Crippen molar-refractivity contribution < 1.29 is 37.5 Å². The van der Waals surface area contributed by atoms with Gasteiger partial charge < -0.3 is 23.8 Å². The minimum atomic E-state index is -4.17. The van der Waals surface area contributed by atoms with E-state index in [1.807, 2.05) is 0 Å². The van der Waals surface area contributed by atoms with E-state index in [-0.39, 0.29) is 25.4 Å². The minimum absolute atomic E-state index is 0.0401. The van der Waals surface area contributed by atoms with Crippen molar-refractivity contribution >= 4 is 7.82 Å². The quantitative estimate of drug-likeness (QED) is 0.102. The van der Waals surface area contributed by atoms with E-state index in [0.717, 1.165) is 26.1 Å². The Kier molecular flexibility index (Phi) is 23.1. The van der Waals surface area contributed by atoms with E-state index in [1.165, 1.54) is 38.5 Å². The molecule has 0 fully saturated rings. The van der Waals surface area contributed by atoms with Gasteiger partial charge in [-0.1, -0.05) is 66.2 Å². The first kappa shape index (κ1) is 35.0. The van der Waals surface area contributed by atoms with Crippen LogP contribution < -0.4 is 0 Å². The molecule has 0 saturated heterocycles. The van der Waals surface area contributed by atoms with Crippen LogP contribution in [0.15, 0.2) is 0 Å². The van der Waals surface area contributed by atoms with E-state index in [4.69, 9.17) is 28.0 Å². The summed E-state index contributed by atoms with van der Waals surface area (Å²) in [6.07, 6.45) is 8.80. The van der Waals surface area contributed by atoms with Gasteiger partial charge in [-0.25, -0.2) is 4.57 Å². The zero-order chi connectivity index (χ0) is 26.4. The summed E-state index contributed by atoms with van der Waals surface area (Å²) in [5, 5.41) is 0. The van der Waals surface area contributed by atoms with Crippen LogP contribution in [0.25, 0.3) is 0 Å². The molecule has 4 unspecified atom stereocenters. The van der Waals surface area contributed by atoms with Crippen LogP contribution in [0.2, 0.25) is 0 Å². The maximum atomic E-state index is 12.1. The lowest BCUT2D eigenvalue weighted by Crippen LogP contribution is -2.21. The smallest absolute Gasteiger partial charge is 0.379 e. The normalized spacial score (nSPS) is 17.1. The number of hydrogen-bond acceptors (Lipinski definition) is 7. The van der Waals surface area contributed by atoms with Crippen molar-refractivity contribution in [2.75, 3.05) is 52.9 Å². The molecule has 0 aromatic heterocycles. The molecule has 0 aromatic rings. The molecule has 212 valence electrons. The maximum absolute atomic E-state index is 12.1. The zero-order valence-corrected chi connectivity index (χ0v) is 24.3. The maximum Gasteiger partial charge on any atom is 0.472 e. The predicted molar refractivity (Wildman–Crippen MR) is 141 cm³/mol. The monoisotopic (exact) mass is 526 g/mol. The predicted octanol–water partition coefficient (Wildman–Crippen LogP) is 6.40. The van der Waals surface area contributed by atoms with Gasteiger partial charge in [0.1, 0.15) is 0 Å². The summed E-state index contributed by atoms with van der Waals surface area (Å²) in [7, 11) is -4.17. The number of hydrogen-bond donors (Lipinski definition) is 1. The number of phosphoric ester groups is 1. The summed E-state index contributed by atoms with van der Waals surface area (Å²) < 4.78 is 44.9. The Hall–Kier alpha value is -0.0500. The second-order valence-corrected chi connectivity index (χ2v) is 10.9. The lowest BCUT2D eigenvalue weighted by Gasteiger charge is -2.19. The molecule has 35 heavy (non-hydrogen) atoms. The summed E-state index contributed by atoms with van der Waals surface area (Å²) in [4.78, 5) is 9.90. The van der Waals surface area contributed by atoms with Gasteiger partial charge in [0.25, 0.3) is 0 Å². The van der Waals surface area contributed by atoms with Crippen LogP contribution >= 0.6 is 7.82 Å². The summed E-state index contributed by atoms with van der Waals surface area (Å²) in [6.45, 7) is 15.6. The van der Waals surface area contributed by atoms with E-state index in [0.29, 0.717) is 38.3 Å². The van der Waals surface area contributed by atoms with E-state index in [1.54, 1.807) is 13.8 Å². The Labute approximate surface area is 215 Å². The van der Waals surface area contributed by atoms with Crippen LogP contribution in [0.4, 0.5) is 0 Å². The van der Waals surface area contributed by atoms with Crippen LogP contribution in [-0.2, 0) is 32.6 Å². The molecule has 9 heteroatoms. The van der Waals surface area contributed by atoms with Gasteiger partial charge in [0.05, 0.1) is 51.8 Å². The molecule has 0 heterocycles. The van der Waals surface area contributed by atoms with Gasteiger partial charge in [-0.05, 0) is 38.5 Å². The number of unbranched alkanes of at least 4 members (excludes halogenated alkanes) is 2. The first-order valence-corrected chi connectivity index (χ1v) is 15.3. The lowest BCUT2D eigenvalue weighted by molar-refractivity contribution is -0.0288. The Balaban J connectivity index is 3.85. The van der Waals surface area contributed by atoms with Gasteiger partial charge in [0, 0.05) is 13.2 Å². The van der Waals surface area contributed by atoms with Crippen molar-refractivity contribution in [3.05, 3.63) is 0 Å².